The number of carbonyl (C=O) groups excluding carboxylic acids is 1. The van der Waals surface area contributed by atoms with Crippen molar-refractivity contribution < 1.29 is 19.0 Å². The molecular weight excluding hydrogens is 344 g/mol. The van der Waals surface area contributed by atoms with Crippen molar-refractivity contribution in [2.45, 2.75) is 6.92 Å². The molecule has 21 heavy (non-hydrogen) atoms. The van der Waals surface area contributed by atoms with Gasteiger partial charge in [-0.3, -0.25) is 10.1 Å². The van der Waals surface area contributed by atoms with E-state index in [-0.39, 0.29) is 5.69 Å². The van der Waals surface area contributed by atoms with Crippen LogP contribution in [0.25, 0.3) is 11.3 Å². The summed E-state index contributed by atoms with van der Waals surface area (Å²) in [6, 6.07) is 7.79. The lowest BCUT2D eigenvalue weighted by molar-refractivity contribution is -0.384. The Morgan fingerprint density at radius 1 is 1.43 bits per heavy atom. The van der Waals surface area contributed by atoms with Gasteiger partial charge in [-0.05, 0) is 24.3 Å². The smallest absolute Gasteiger partial charge is 0.331 e. The zero-order valence-corrected chi connectivity index (χ0v) is 12.4. The Morgan fingerprint density at radius 3 is 2.86 bits per heavy atom. The van der Waals surface area contributed by atoms with E-state index in [9.17, 15) is 14.9 Å². The lowest BCUT2D eigenvalue weighted by Crippen LogP contribution is -1.91. The molecule has 0 unspecified atom stereocenters. The van der Waals surface area contributed by atoms with Gasteiger partial charge in [0.1, 0.15) is 17.7 Å². The van der Waals surface area contributed by atoms with Gasteiger partial charge >= 0.3 is 5.97 Å². The highest BCUT2D eigenvalue weighted by atomic mass is 79.9. The van der Waals surface area contributed by atoms with E-state index in [0.717, 1.165) is 0 Å². The molecule has 8 heteroatoms. The first-order valence-corrected chi connectivity index (χ1v) is 6.52. The molecule has 0 saturated heterocycles. The summed E-state index contributed by atoms with van der Waals surface area (Å²) >= 11 is 3.19. The second-order valence-corrected chi connectivity index (χ2v) is 4.85. The first-order chi connectivity index (χ1) is 9.97. The van der Waals surface area contributed by atoms with Crippen molar-refractivity contribution in [3.63, 3.8) is 0 Å². The molecule has 0 saturated carbocycles. The van der Waals surface area contributed by atoms with Crippen LogP contribution < -0.4 is 0 Å². The summed E-state index contributed by atoms with van der Waals surface area (Å²) in [5, 5.41) is 14.5. The fraction of sp³-hybridized carbons (Fsp3) is 0.0769. The van der Waals surface area contributed by atoms with Crippen LogP contribution in [0.1, 0.15) is 12.7 Å². The van der Waals surface area contributed by atoms with Crippen LogP contribution in [0, 0.1) is 10.1 Å². The van der Waals surface area contributed by atoms with Gasteiger partial charge in [-0.25, -0.2) is 4.79 Å². The number of halogens is 1. The number of rotatable bonds is 4. The summed E-state index contributed by atoms with van der Waals surface area (Å²) in [5.74, 6) is 0.0727. The van der Waals surface area contributed by atoms with Gasteiger partial charge in [-0.1, -0.05) is 21.1 Å². The van der Waals surface area contributed by atoms with Crippen molar-refractivity contribution in [2.75, 3.05) is 0 Å². The average molecular weight is 353 g/mol. The highest BCUT2D eigenvalue weighted by molar-refractivity contribution is 9.10. The molecule has 0 N–H and O–H groups in total. The van der Waals surface area contributed by atoms with Crippen LogP contribution in [-0.2, 0) is 9.63 Å². The van der Waals surface area contributed by atoms with Crippen molar-refractivity contribution in [2.24, 2.45) is 5.16 Å². The van der Waals surface area contributed by atoms with Crippen molar-refractivity contribution in [1.29, 1.82) is 0 Å². The molecule has 0 aliphatic heterocycles. The van der Waals surface area contributed by atoms with E-state index in [1.807, 2.05) is 0 Å². The molecule has 0 aliphatic carbocycles. The molecule has 0 fully saturated rings. The third-order valence-corrected chi connectivity index (χ3v) is 2.90. The van der Waals surface area contributed by atoms with Crippen LogP contribution in [0.3, 0.4) is 0 Å². The van der Waals surface area contributed by atoms with Crippen LogP contribution in [0.15, 0.2) is 44.4 Å². The van der Waals surface area contributed by atoms with Gasteiger partial charge in [0, 0.05) is 17.5 Å². The lowest BCUT2D eigenvalue weighted by atomic mass is 10.1. The van der Waals surface area contributed by atoms with Gasteiger partial charge in [0.2, 0.25) is 0 Å². The lowest BCUT2D eigenvalue weighted by Gasteiger charge is -2.00. The van der Waals surface area contributed by atoms with Crippen molar-refractivity contribution in [3.8, 4) is 11.3 Å². The molecule has 0 bridgehead atoms. The average Bonchev–Trinajstić information content (AvgIpc) is 2.86. The van der Waals surface area contributed by atoms with Crippen LogP contribution in [0.2, 0.25) is 0 Å². The van der Waals surface area contributed by atoms with Crippen LogP contribution >= 0.6 is 15.9 Å². The fourth-order valence-electron chi connectivity index (χ4n) is 1.58. The van der Waals surface area contributed by atoms with E-state index in [1.54, 1.807) is 24.3 Å². The maximum absolute atomic E-state index is 11.1. The van der Waals surface area contributed by atoms with Gasteiger partial charge in [-0.15, -0.1) is 0 Å². The largest absolute Gasteiger partial charge is 0.455 e. The Bertz CT molecular complexity index is 723. The van der Waals surface area contributed by atoms with Gasteiger partial charge in [-0.2, -0.15) is 0 Å². The maximum atomic E-state index is 11.1. The topological polar surface area (TPSA) is 94.9 Å². The Morgan fingerprint density at radius 2 is 2.19 bits per heavy atom. The molecule has 1 heterocycles. The van der Waals surface area contributed by atoms with Crippen molar-refractivity contribution in [3.05, 3.63) is 50.7 Å². The van der Waals surface area contributed by atoms with E-state index >= 15 is 0 Å². The molecule has 1 aromatic heterocycles. The molecule has 0 atom stereocenters. The molecule has 2 aromatic rings. The van der Waals surface area contributed by atoms with E-state index in [0.29, 0.717) is 21.6 Å². The number of hydrogen-bond acceptors (Lipinski definition) is 6. The number of furan rings is 1. The Kier molecular flexibility index (Phi) is 4.49. The molecule has 2 rings (SSSR count). The van der Waals surface area contributed by atoms with Crippen LogP contribution in [0.4, 0.5) is 5.69 Å². The zero-order valence-electron chi connectivity index (χ0n) is 10.8. The van der Waals surface area contributed by atoms with E-state index in [4.69, 9.17) is 4.42 Å². The minimum absolute atomic E-state index is 0.0813. The predicted octanol–water partition coefficient (Wildman–Crippen LogP) is 3.51. The SMILES string of the molecule is CC(=O)O/N=C\c1ccc(-c2ccc(Br)cc2[N+](=O)[O-])o1. The first-order valence-electron chi connectivity index (χ1n) is 5.72. The molecule has 108 valence electrons. The molecular formula is C13H9BrN2O5. The third kappa shape index (κ3) is 3.76. The molecule has 0 radical (unpaired) electrons. The number of hydrogen-bond donors (Lipinski definition) is 0. The Hall–Kier alpha value is -2.48. The summed E-state index contributed by atoms with van der Waals surface area (Å²) in [5.41, 5.74) is 0.262. The monoisotopic (exact) mass is 352 g/mol. The quantitative estimate of drug-likeness (QED) is 0.363. The normalized spacial score (nSPS) is 10.8. The van der Waals surface area contributed by atoms with Gasteiger partial charge in [0.25, 0.3) is 5.69 Å². The summed E-state index contributed by atoms with van der Waals surface area (Å²) in [6.45, 7) is 1.22. The number of carbonyl (C=O) groups is 1. The van der Waals surface area contributed by atoms with E-state index in [2.05, 4.69) is 25.9 Å². The highest BCUT2D eigenvalue weighted by Crippen LogP contribution is 2.33. The number of nitro benzene ring substituents is 1. The molecule has 1 aromatic carbocycles. The summed E-state index contributed by atoms with van der Waals surface area (Å²) in [4.78, 5) is 25.5. The van der Waals surface area contributed by atoms with Crippen LogP contribution in [0.5, 0.6) is 0 Å². The van der Waals surface area contributed by atoms with Crippen LogP contribution in [-0.4, -0.2) is 17.1 Å². The Balaban J connectivity index is 2.31. The minimum Gasteiger partial charge on any atom is -0.455 e. The fourth-order valence-corrected chi connectivity index (χ4v) is 1.93. The number of benzene rings is 1. The standard InChI is InChI=1S/C13H9BrN2O5/c1-8(17)21-15-7-10-3-5-13(20-10)11-4-2-9(14)6-12(11)16(18)19/h2-7H,1H3/b15-7-. The van der Waals surface area contributed by atoms with E-state index < -0.39 is 10.9 Å². The number of nitrogens with zero attached hydrogens (tertiary/aromatic N) is 2. The molecule has 0 aliphatic rings. The first kappa shape index (κ1) is 14.9. The summed E-state index contributed by atoms with van der Waals surface area (Å²) in [7, 11) is 0. The maximum Gasteiger partial charge on any atom is 0.331 e. The summed E-state index contributed by atoms with van der Waals surface area (Å²) < 4.78 is 6.02. The zero-order chi connectivity index (χ0) is 15.4. The van der Waals surface area contributed by atoms with Gasteiger partial charge in [0.05, 0.1) is 10.5 Å². The van der Waals surface area contributed by atoms with Gasteiger partial charge in [0.15, 0.2) is 0 Å². The van der Waals surface area contributed by atoms with Crippen molar-refractivity contribution >= 4 is 33.8 Å². The summed E-state index contributed by atoms with van der Waals surface area (Å²) in [6.07, 6.45) is 1.20. The Labute approximate surface area is 127 Å². The molecule has 0 spiro atoms. The molecule has 0 amide bonds. The second-order valence-electron chi connectivity index (χ2n) is 3.94. The van der Waals surface area contributed by atoms with Gasteiger partial charge < -0.3 is 9.25 Å². The highest BCUT2D eigenvalue weighted by Gasteiger charge is 2.18. The second kappa shape index (κ2) is 6.31. The number of oxime groups is 1. The number of nitro groups is 1. The van der Waals surface area contributed by atoms with Crippen molar-refractivity contribution in [1.82, 2.24) is 0 Å². The third-order valence-electron chi connectivity index (χ3n) is 2.41. The van der Waals surface area contributed by atoms with E-state index in [1.165, 1.54) is 19.2 Å². The minimum atomic E-state index is -0.554. The predicted molar refractivity (Wildman–Crippen MR) is 77.9 cm³/mol. The molecule has 7 nitrogen and oxygen atoms in total.